The van der Waals surface area contributed by atoms with Gasteiger partial charge in [0.25, 0.3) is 0 Å². The lowest BCUT2D eigenvalue weighted by molar-refractivity contribution is -0.143. The van der Waals surface area contributed by atoms with Gasteiger partial charge < -0.3 is 10.1 Å². The predicted molar refractivity (Wildman–Crippen MR) is 71.4 cm³/mol. The van der Waals surface area contributed by atoms with Crippen molar-refractivity contribution in [1.82, 2.24) is 10.2 Å². The van der Waals surface area contributed by atoms with Gasteiger partial charge in [-0.1, -0.05) is 6.92 Å². The zero-order chi connectivity index (χ0) is 13.1. The number of carbonyl (C=O) groups is 1. The number of methoxy groups -OCH3 is 1. The number of carbonyl (C=O) groups excluding carboxylic acids is 1. The second-order valence-corrected chi connectivity index (χ2v) is 5.70. The maximum Gasteiger partial charge on any atom is 0.324 e. The van der Waals surface area contributed by atoms with E-state index in [2.05, 4.69) is 24.1 Å². The molecule has 2 fully saturated rings. The fourth-order valence-electron chi connectivity index (χ4n) is 2.98. The predicted octanol–water partition coefficient (Wildman–Crippen LogP) is 1.54. The standard InChI is InChI=1S/C14H26N2O2/c1-4-12-8-5-10(2)16(12)9-13(14(17)18-3)15-11-6-7-11/h10-13,15H,4-9H2,1-3H3. The molecule has 0 spiro atoms. The molecule has 0 aromatic rings. The van der Waals surface area contributed by atoms with Crippen molar-refractivity contribution in [3.63, 3.8) is 0 Å². The van der Waals surface area contributed by atoms with E-state index in [0.29, 0.717) is 18.1 Å². The number of likely N-dealkylation sites (tertiary alicyclic amines) is 1. The Morgan fingerprint density at radius 1 is 1.39 bits per heavy atom. The number of nitrogens with one attached hydrogen (secondary N) is 1. The molecule has 0 amide bonds. The van der Waals surface area contributed by atoms with Crippen LogP contribution in [0.25, 0.3) is 0 Å². The summed E-state index contributed by atoms with van der Waals surface area (Å²) < 4.78 is 4.93. The van der Waals surface area contributed by atoms with Crippen molar-refractivity contribution in [1.29, 1.82) is 0 Å². The van der Waals surface area contributed by atoms with Crippen LogP contribution < -0.4 is 5.32 Å². The monoisotopic (exact) mass is 254 g/mol. The van der Waals surface area contributed by atoms with Gasteiger partial charge in [-0.05, 0) is 39.0 Å². The summed E-state index contributed by atoms with van der Waals surface area (Å²) in [5.74, 6) is -0.115. The minimum absolute atomic E-state index is 0.115. The topological polar surface area (TPSA) is 41.6 Å². The first-order chi connectivity index (χ1) is 8.65. The molecule has 0 aromatic carbocycles. The van der Waals surface area contributed by atoms with Gasteiger partial charge in [-0.15, -0.1) is 0 Å². The summed E-state index contributed by atoms with van der Waals surface area (Å²) in [6.07, 6.45) is 6.06. The fourth-order valence-corrected chi connectivity index (χ4v) is 2.98. The van der Waals surface area contributed by atoms with E-state index in [0.717, 1.165) is 6.54 Å². The Morgan fingerprint density at radius 3 is 2.67 bits per heavy atom. The molecular formula is C14H26N2O2. The third-order valence-electron chi connectivity index (χ3n) is 4.32. The molecule has 1 N–H and O–H groups in total. The second kappa shape index (κ2) is 6.02. The number of rotatable bonds is 6. The highest BCUT2D eigenvalue weighted by Gasteiger charge is 2.35. The quantitative estimate of drug-likeness (QED) is 0.730. The summed E-state index contributed by atoms with van der Waals surface area (Å²) >= 11 is 0. The number of esters is 1. The first kappa shape index (κ1) is 13.8. The van der Waals surface area contributed by atoms with Crippen molar-refractivity contribution in [3.8, 4) is 0 Å². The van der Waals surface area contributed by atoms with Gasteiger partial charge in [-0.25, -0.2) is 0 Å². The van der Waals surface area contributed by atoms with Crippen molar-refractivity contribution in [3.05, 3.63) is 0 Å². The van der Waals surface area contributed by atoms with E-state index >= 15 is 0 Å². The molecule has 18 heavy (non-hydrogen) atoms. The van der Waals surface area contributed by atoms with E-state index in [1.165, 1.54) is 39.2 Å². The van der Waals surface area contributed by atoms with Crippen molar-refractivity contribution in [2.75, 3.05) is 13.7 Å². The molecule has 1 aliphatic heterocycles. The van der Waals surface area contributed by atoms with E-state index in [9.17, 15) is 4.79 Å². The molecule has 4 heteroatoms. The van der Waals surface area contributed by atoms with E-state index in [-0.39, 0.29) is 12.0 Å². The number of hydrogen-bond acceptors (Lipinski definition) is 4. The normalized spacial score (nSPS) is 30.4. The van der Waals surface area contributed by atoms with Crippen molar-refractivity contribution >= 4 is 5.97 Å². The van der Waals surface area contributed by atoms with Gasteiger partial charge in [0.05, 0.1) is 7.11 Å². The molecule has 0 aromatic heterocycles. The zero-order valence-corrected chi connectivity index (χ0v) is 11.8. The van der Waals surface area contributed by atoms with Crippen LogP contribution in [0.15, 0.2) is 0 Å². The van der Waals surface area contributed by atoms with E-state index in [4.69, 9.17) is 4.74 Å². The Bertz CT molecular complexity index is 292. The highest BCUT2D eigenvalue weighted by atomic mass is 16.5. The van der Waals surface area contributed by atoms with Gasteiger partial charge in [0.15, 0.2) is 0 Å². The van der Waals surface area contributed by atoms with Crippen LogP contribution in [0, 0.1) is 0 Å². The third-order valence-corrected chi connectivity index (χ3v) is 4.32. The van der Waals surface area contributed by atoms with Crippen LogP contribution in [0.1, 0.15) is 46.0 Å². The minimum Gasteiger partial charge on any atom is -0.468 e. The first-order valence-electron chi connectivity index (χ1n) is 7.25. The van der Waals surface area contributed by atoms with Crippen LogP contribution in [0.4, 0.5) is 0 Å². The maximum atomic E-state index is 11.9. The van der Waals surface area contributed by atoms with Crippen LogP contribution in [-0.2, 0) is 9.53 Å². The zero-order valence-electron chi connectivity index (χ0n) is 11.8. The Labute approximate surface area is 110 Å². The van der Waals surface area contributed by atoms with Crippen LogP contribution in [-0.4, -0.2) is 48.7 Å². The average molecular weight is 254 g/mol. The minimum atomic E-state index is -0.155. The molecule has 2 aliphatic rings. The van der Waals surface area contributed by atoms with Crippen LogP contribution in [0.3, 0.4) is 0 Å². The Hall–Kier alpha value is -0.610. The summed E-state index contributed by atoms with van der Waals surface area (Å²) in [5, 5.41) is 3.42. The van der Waals surface area contributed by atoms with Gasteiger partial charge in [-0.3, -0.25) is 9.69 Å². The number of ether oxygens (including phenoxy) is 1. The van der Waals surface area contributed by atoms with E-state index < -0.39 is 0 Å². The molecule has 4 nitrogen and oxygen atoms in total. The lowest BCUT2D eigenvalue weighted by Gasteiger charge is -2.31. The molecule has 1 saturated carbocycles. The van der Waals surface area contributed by atoms with Gasteiger partial charge in [0.1, 0.15) is 6.04 Å². The van der Waals surface area contributed by atoms with Gasteiger partial charge in [-0.2, -0.15) is 0 Å². The van der Waals surface area contributed by atoms with Crippen molar-refractivity contribution in [2.24, 2.45) is 0 Å². The Morgan fingerprint density at radius 2 is 2.11 bits per heavy atom. The molecule has 1 saturated heterocycles. The largest absolute Gasteiger partial charge is 0.468 e. The molecule has 1 heterocycles. The average Bonchev–Trinajstić information content (AvgIpc) is 3.12. The summed E-state index contributed by atoms with van der Waals surface area (Å²) in [4.78, 5) is 14.3. The molecule has 3 unspecified atom stereocenters. The fraction of sp³-hybridized carbons (Fsp3) is 0.929. The highest BCUT2D eigenvalue weighted by Crippen LogP contribution is 2.27. The van der Waals surface area contributed by atoms with Gasteiger partial charge >= 0.3 is 5.97 Å². The van der Waals surface area contributed by atoms with Crippen LogP contribution >= 0.6 is 0 Å². The first-order valence-corrected chi connectivity index (χ1v) is 7.25. The number of hydrogen-bond donors (Lipinski definition) is 1. The van der Waals surface area contributed by atoms with Gasteiger partial charge in [0, 0.05) is 24.7 Å². The number of nitrogens with zero attached hydrogens (tertiary/aromatic N) is 1. The van der Waals surface area contributed by atoms with Crippen LogP contribution in [0.5, 0.6) is 0 Å². The molecule has 2 rings (SSSR count). The summed E-state index contributed by atoms with van der Waals surface area (Å²) in [7, 11) is 1.48. The smallest absolute Gasteiger partial charge is 0.324 e. The van der Waals surface area contributed by atoms with Crippen LogP contribution in [0.2, 0.25) is 0 Å². The summed E-state index contributed by atoms with van der Waals surface area (Å²) in [5.41, 5.74) is 0. The summed E-state index contributed by atoms with van der Waals surface area (Å²) in [6.45, 7) is 5.29. The Kier molecular flexibility index (Phi) is 4.62. The summed E-state index contributed by atoms with van der Waals surface area (Å²) in [6, 6.07) is 1.60. The van der Waals surface area contributed by atoms with E-state index in [1.807, 2.05) is 0 Å². The lowest BCUT2D eigenvalue weighted by atomic mass is 10.1. The van der Waals surface area contributed by atoms with E-state index in [1.54, 1.807) is 0 Å². The third kappa shape index (κ3) is 3.23. The highest BCUT2D eigenvalue weighted by molar-refractivity contribution is 5.76. The molecule has 1 aliphatic carbocycles. The molecule has 0 radical (unpaired) electrons. The Balaban J connectivity index is 1.95. The molecule has 3 atom stereocenters. The van der Waals surface area contributed by atoms with Crippen molar-refractivity contribution < 1.29 is 9.53 Å². The molecular weight excluding hydrogens is 228 g/mol. The second-order valence-electron chi connectivity index (χ2n) is 5.70. The SMILES string of the molecule is CCC1CCC(C)N1CC(NC1CC1)C(=O)OC. The molecule has 104 valence electrons. The lowest BCUT2D eigenvalue weighted by Crippen LogP contribution is -2.50. The maximum absolute atomic E-state index is 11.9. The molecule has 0 bridgehead atoms. The van der Waals surface area contributed by atoms with Gasteiger partial charge in [0.2, 0.25) is 0 Å². The van der Waals surface area contributed by atoms with Crippen molar-refractivity contribution in [2.45, 2.75) is 70.1 Å².